The zero-order valence-corrected chi connectivity index (χ0v) is 10.9. The van der Waals surface area contributed by atoms with Crippen molar-refractivity contribution in [3.8, 4) is 0 Å². The predicted molar refractivity (Wildman–Crippen MR) is 34.3 cm³/mol. The minimum absolute atomic E-state index is 0. The summed E-state index contributed by atoms with van der Waals surface area (Å²) >= 11 is 0. The Morgan fingerprint density at radius 1 is 1.07 bits per heavy atom. The zero-order valence-electron chi connectivity index (χ0n) is 6.92. The first-order valence-electron chi connectivity index (χ1n) is 2.93. The molecule has 0 N–H and O–H groups in total. The minimum atomic E-state index is -5.10. The molecule has 3 nitrogen and oxygen atoms in total. The molecule has 72 valence electrons. The number of rotatable bonds is 1. The summed E-state index contributed by atoms with van der Waals surface area (Å²) < 4.78 is 67.9. The van der Waals surface area contributed by atoms with Gasteiger partial charge in [0.05, 0.1) is 4.90 Å². The molecule has 14 heavy (non-hydrogen) atoms. The molecule has 0 bridgehead atoms. The third-order valence-electron chi connectivity index (χ3n) is 1.27. The summed E-state index contributed by atoms with van der Waals surface area (Å²) in [7, 11) is -5.10. The first-order chi connectivity index (χ1) is 5.84. The van der Waals surface area contributed by atoms with Crippen LogP contribution in [0.1, 0.15) is 0 Å². The molecule has 0 saturated carbocycles. The molecule has 0 saturated heterocycles. The summed E-state index contributed by atoms with van der Waals surface area (Å²) in [6, 6.07) is 0.735. The van der Waals surface area contributed by atoms with Gasteiger partial charge in [-0.2, -0.15) is 0 Å². The molecule has 0 fully saturated rings. The SMILES string of the molecule is O=S(=O)([O-])c1ccc(F)c(F)c1F.[K+]. The predicted octanol–water partition coefficient (Wildman–Crippen LogP) is -1.99. The van der Waals surface area contributed by atoms with Gasteiger partial charge >= 0.3 is 51.4 Å². The summed E-state index contributed by atoms with van der Waals surface area (Å²) in [6.07, 6.45) is 0. The molecule has 0 amide bonds. The first kappa shape index (κ1) is 14.6. The molecule has 0 aliphatic heterocycles. The Bertz CT molecular complexity index is 446. The van der Waals surface area contributed by atoms with Crippen LogP contribution in [-0.2, 0) is 10.1 Å². The van der Waals surface area contributed by atoms with E-state index in [0.717, 1.165) is 0 Å². The van der Waals surface area contributed by atoms with E-state index in [2.05, 4.69) is 0 Å². The van der Waals surface area contributed by atoms with E-state index in [1.807, 2.05) is 0 Å². The molecule has 0 atom stereocenters. The van der Waals surface area contributed by atoms with E-state index in [0.29, 0.717) is 12.1 Å². The summed E-state index contributed by atoms with van der Waals surface area (Å²) in [4.78, 5) is -1.40. The second-order valence-corrected chi connectivity index (χ2v) is 3.48. The fourth-order valence-electron chi connectivity index (χ4n) is 0.701. The van der Waals surface area contributed by atoms with Crippen LogP contribution in [0.25, 0.3) is 0 Å². The molecule has 0 aliphatic carbocycles. The number of hydrogen-bond donors (Lipinski definition) is 0. The van der Waals surface area contributed by atoms with Crippen molar-refractivity contribution < 1.29 is 77.5 Å². The van der Waals surface area contributed by atoms with E-state index in [1.165, 1.54) is 0 Å². The summed E-state index contributed by atoms with van der Waals surface area (Å²) in [5, 5.41) is 0. The monoisotopic (exact) mass is 250 g/mol. The Balaban J connectivity index is 0.00000169. The van der Waals surface area contributed by atoms with Gasteiger partial charge in [-0.1, -0.05) is 0 Å². The molecular formula is C6H2F3KO3S. The van der Waals surface area contributed by atoms with Gasteiger partial charge in [0.25, 0.3) is 0 Å². The van der Waals surface area contributed by atoms with Crippen molar-refractivity contribution in [1.29, 1.82) is 0 Å². The van der Waals surface area contributed by atoms with Crippen molar-refractivity contribution in [1.82, 2.24) is 0 Å². The smallest absolute Gasteiger partial charge is 0.744 e. The van der Waals surface area contributed by atoms with Crippen molar-refractivity contribution in [2.24, 2.45) is 0 Å². The van der Waals surface area contributed by atoms with E-state index < -0.39 is 32.5 Å². The molecule has 0 heterocycles. The summed E-state index contributed by atoms with van der Waals surface area (Å²) in [6.45, 7) is 0. The van der Waals surface area contributed by atoms with E-state index in [1.54, 1.807) is 0 Å². The van der Waals surface area contributed by atoms with Crippen LogP contribution in [-0.4, -0.2) is 13.0 Å². The molecule has 8 heteroatoms. The van der Waals surface area contributed by atoms with Gasteiger partial charge in [-0.25, -0.2) is 21.6 Å². The molecule has 0 aromatic heterocycles. The van der Waals surface area contributed by atoms with Crippen molar-refractivity contribution in [2.45, 2.75) is 4.90 Å². The maximum atomic E-state index is 12.6. The van der Waals surface area contributed by atoms with Gasteiger partial charge in [0, 0.05) is 0 Å². The maximum Gasteiger partial charge on any atom is 1.00 e. The molecule has 1 aromatic carbocycles. The topological polar surface area (TPSA) is 57.2 Å². The van der Waals surface area contributed by atoms with Gasteiger partial charge in [0.15, 0.2) is 17.5 Å². The zero-order chi connectivity index (χ0) is 10.2. The number of hydrogen-bond acceptors (Lipinski definition) is 3. The number of halogens is 3. The molecular weight excluding hydrogens is 248 g/mol. The van der Waals surface area contributed by atoms with Crippen molar-refractivity contribution in [2.75, 3.05) is 0 Å². The van der Waals surface area contributed by atoms with E-state index in [9.17, 15) is 26.1 Å². The Hall–Kier alpha value is 0.556. The maximum absolute atomic E-state index is 12.6. The second kappa shape index (κ2) is 5.06. The quantitative estimate of drug-likeness (QED) is 0.329. The van der Waals surface area contributed by atoms with Gasteiger partial charge in [-0.05, 0) is 12.1 Å². The Labute approximate surface area is 120 Å². The summed E-state index contributed by atoms with van der Waals surface area (Å²) in [5.41, 5.74) is 0. The average molecular weight is 250 g/mol. The fraction of sp³-hybridized carbons (Fsp3) is 0. The molecule has 0 unspecified atom stereocenters. The molecule has 0 radical (unpaired) electrons. The van der Waals surface area contributed by atoms with Crippen molar-refractivity contribution >= 4 is 10.1 Å². The standard InChI is InChI=1S/C6H3F3O3S.K/c7-3-1-2-4(13(10,11)12)6(9)5(3)8;/h1-2H,(H,10,11,12);/q;+1/p-1. The normalized spacial score (nSPS) is 10.9. The van der Waals surface area contributed by atoms with Crippen molar-refractivity contribution in [3.05, 3.63) is 29.6 Å². The Morgan fingerprint density at radius 3 is 2.00 bits per heavy atom. The first-order valence-corrected chi connectivity index (χ1v) is 4.34. The van der Waals surface area contributed by atoms with Gasteiger partial charge < -0.3 is 4.55 Å². The van der Waals surface area contributed by atoms with Gasteiger partial charge in [0.1, 0.15) is 10.1 Å². The number of benzene rings is 1. The fourth-order valence-corrected chi connectivity index (χ4v) is 1.25. The van der Waals surface area contributed by atoms with Crippen LogP contribution in [0.4, 0.5) is 13.2 Å². The van der Waals surface area contributed by atoms with E-state index >= 15 is 0 Å². The average Bonchev–Trinajstić information content (AvgIpc) is 1.98. The van der Waals surface area contributed by atoms with Crippen molar-refractivity contribution in [3.63, 3.8) is 0 Å². The third kappa shape index (κ3) is 3.02. The largest absolute Gasteiger partial charge is 1.00 e. The molecule has 0 spiro atoms. The van der Waals surface area contributed by atoms with Gasteiger partial charge in [-0.15, -0.1) is 0 Å². The van der Waals surface area contributed by atoms with E-state index in [-0.39, 0.29) is 51.4 Å². The van der Waals surface area contributed by atoms with Gasteiger partial charge in [0.2, 0.25) is 0 Å². The Morgan fingerprint density at radius 2 is 1.57 bits per heavy atom. The van der Waals surface area contributed by atoms with E-state index in [4.69, 9.17) is 0 Å². The molecule has 1 rings (SSSR count). The van der Waals surface area contributed by atoms with Gasteiger partial charge in [-0.3, -0.25) is 0 Å². The Kier molecular flexibility index (Phi) is 5.26. The second-order valence-electron chi connectivity index (χ2n) is 2.13. The third-order valence-corrected chi connectivity index (χ3v) is 2.12. The van der Waals surface area contributed by atoms with Crippen LogP contribution in [0, 0.1) is 17.5 Å². The van der Waals surface area contributed by atoms with Crippen LogP contribution in [0.5, 0.6) is 0 Å². The van der Waals surface area contributed by atoms with Crippen LogP contribution in [0.2, 0.25) is 0 Å². The molecule has 0 aliphatic rings. The van der Waals surface area contributed by atoms with Crippen LogP contribution in [0.3, 0.4) is 0 Å². The minimum Gasteiger partial charge on any atom is -0.744 e. The van der Waals surface area contributed by atoms with Crippen LogP contribution in [0.15, 0.2) is 17.0 Å². The van der Waals surface area contributed by atoms with Crippen LogP contribution >= 0.6 is 0 Å². The van der Waals surface area contributed by atoms with Crippen LogP contribution < -0.4 is 51.4 Å². The summed E-state index contributed by atoms with van der Waals surface area (Å²) in [5.74, 6) is -5.52. The molecule has 1 aromatic rings.